The Morgan fingerprint density at radius 2 is 1.92 bits per heavy atom. The number of aryl methyl sites for hydroxylation is 1. The quantitative estimate of drug-likeness (QED) is 0.465. The molecule has 0 aliphatic carbocycles. The predicted octanol–water partition coefficient (Wildman–Crippen LogP) is 2.89. The van der Waals surface area contributed by atoms with Crippen molar-refractivity contribution in [1.82, 2.24) is 14.5 Å². The zero-order chi connectivity index (χ0) is 27.6. The molecule has 1 unspecified atom stereocenters. The first-order valence-corrected chi connectivity index (χ1v) is 13.1. The van der Waals surface area contributed by atoms with Gasteiger partial charge in [-0.25, -0.2) is 4.39 Å². The smallest absolute Gasteiger partial charge is 0.278 e. The molecule has 1 N–H and O–H groups in total. The van der Waals surface area contributed by atoms with E-state index in [1.54, 1.807) is 22.1 Å². The molecule has 2 amide bonds. The highest BCUT2D eigenvalue weighted by atomic mass is 32.1. The number of halogens is 2. The van der Waals surface area contributed by atoms with Crippen molar-refractivity contribution in [2.75, 3.05) is 31.4 Å². The second-order valence-electron chi connectivity index (χ2n) is 9.84. The Labute approximate surface area is 225 Å². The number of rotatable bonds is 1. The minimum Gasteiger partial charge on any atom is -0.502 e. The zero-order valence-electron chi connectivity index (χ0n) is 21.1. The lowest BCUT2D eigenvalue weighted by Crippen LogP contribution is -2.74. The molecule has 1 saturated heterocycles. The van der Waals surface area contributed by atoms with Crippen LogP contribution in [0, 0.1) is 18.6 Å². The van der Waals surface area contributed by atoms with Gasteiger partial charge in [0.05, 0.1) is 5.54 Å². The second-order valence-corrected chi connectivity index (χ2v) is 11.0. The van der Waals surface area contributed by atoms with Crippen LogP contribution >= 0.6 is 11.3 Å². The van der Waals surface area contributed by atoms with Gasteiger partial charge in [-0.15, -0.1) is 11.3 Å². The van der Waals surface area contributed by atoms with Crippen LogP contribution in [0.4, 0.5) is 8.78 Å². The predicted molar refractivity (Wildman–Crippen MR) is 138 cm³/mol. The van der Waals surface area contributed by atoms with Crippen LogP contribution < -0.4 is 15.2 Å². The molecule has 0 saturated carbocycles. The van der Waals surface area contributed by atoms with Gasteiger partial charge in [0.2, 0.25) is 17.2 Å². The van der Waals surface area contributed by atoms with Gasteiger partial charge in [-0.05, 0) is 42.1 Å². The molecule has 1 spiro atoms. The van der Waals surface area contributed by atoms with E-state index in [1.165, 1.54) is 40.1 Å². The number of amides is 2. The maximum absolute atomic E-state index is 15.3. The molecule has 39 heavy (non-hydrogen) atoms. The molecule has 202 valence electrons. The number of thiophene rings is 1. The number of aromatic nitrogens is 1. The summed E-state index contributed by atoms with van der Waals surface area (Å²) in [6, 6.07) is 4.65. The van der Waals surface area contributed by atoms with E-state index in [0.717, 1.165) is 22.6 Å². The second kappa shape index (κ2) is 8.94. The first kappa shape index (κ1) is 25.1. The molecule has 2 aromatic heterocycles. The minimum absolute atomic E-state index is 0.0530. The van der Waals surface area contributed by atoms with E-state index in [-0.39, 0.29) is 43.7 Å². The minimum atomic E-state index is -1.15. The Bertz CT molecular complexity index is 1610. The Morgan fingerprint density at radius 1 is 1.15 bits per heavy atom. The molecule has 3 aliphatic rings. The first-order chi connectivity index (χ1) is 18.6. The number of benzene rings is 1. The molecule has 9 nitrogen and oxygen atoms in total. The van der Waals surface area contributed by atoms with Crippen LogP contribution in [0.25, 0.3) is 0 Å². The van der Waals surface area contributed by atoms with E-state index in [4.69, 9.17) is 4.74 Å². The number of likely N-dealkylation sites (tertiary alicyclic amines) is 1. The lowest BCUT2D eigenvalue weighted by molar-refractivity contribution is -0.139. The Kier molecular flexibility index (Phi) is 5.75. The van der Waals surface area contributed by atoms with Crippen LogP contribution in [0.15, 0.2) is 52.8 Å². The Hall–Kier alpha value is -4.19. The van der Waals surface area contributed by atoms with Crippen molar-refractivity contribution in [2.45, 2.75) is 25.4 Å². The largest absolute Gasteiger partial charge is 0.502 e. The van der Waals surface area contributed by atoms with Crippen LogP contribution in [-0.4, -0.2) is 63.3 Å². The molecule has 3 aliphatic heterocycles. The summed E-state index contributed by atoms with van der Waals surface area (Å²) < 4.78 is 36.9. The average molecular weight is 555 g/mol. The Balaban J connectivity index is 1.65. The number of carbonyl (C=O) groups excluding carboxylic acids is 2. The van der Waals surface area contributed by atoms with E-state index in [9.17, 15) is 23.9 Å². The van der Waals surface area contributed by atoms with Gasteiger partial charge in [0.15, 0.2) is 23.0 Å². The third-order valence-electron chi connectivity index (χ3n) is 7.60. The van der Waals surface area contributed by atoms with Crippen molar-refractivity contribution in [1.29, 1.82) is 0 Å². The summed E-state index contributed by atoms with van der Waals surface area (Å²) in [6.45, 7) is 3.50. The number of aromatic hydroxyl groups is 1. The van der Waals surface area contributed by atoms with Gasteiger partial charge in [-0.1, -0.05) is 6.08 Å². The van der Waals surface area contributed by atoms with Crippen molar-refractivity contribution in [3.8, 4) is 11.5 Å². The summed E-state index contributed by atoms with van der Waals surface area (Å²) in [5, 5.41) is 14.4. The highest BCUT2D eigenvalue weighted by Crippen LogP contribution is 2.43. The lowest BCUT2D eigenvalue weighted by atomic mass is 9.86. The van der Waals surface area contributed by atoms with Crippen molar-refractivity contribution in [2.24, 2.45) is 0 Å². The number of carbonyl (C=O) groups is 2. The first-order valence-electron chi connectivity index (χ1n) is 12.2. The van der Waals surface area contributed by atoms with E-state index in [2.05, 4.69) is 0 Å². The van der Waals surface area contributed by atoms with Crippen molar-refractivity contribution < 1.29 is 28.2 Å². The van der Waals surface area contributed by atoms with E-state index < -0.39 is 40.3 Å². The van der Waals surface area contributed by atoms with Crippen LogP contribution in [-0.2, 0) is 4.79 Å². The summed E-state index contributed by atoms with van der Waals surface area (Å²) in [5.74, 6) is -3.99. The normalized spacial score (nSPS) is 20.5. The van der Waals surface area contributed by atoms with Gasteiger partial charge in [0, 0.05) is 42.7 Å². The third-order valence-corrected chi connectivity index (χ3v) is 8.46. The molecule has 0 radical (unpaired) electrons. The standard InChI is InChI=1S/C27H24F2N4O5S/c1-15-17(7-11-39-15)22-18-4-5-19(28)21(29)25(18)38-10-3-8-27(12-30(13-27)16(2)34)31-14-33(22)32-9-6-20(35)24(36)23(32)26(31)37/h3-9,11,22,36H,10,12-14H2,1-2H3/b8-3+. The van der Waals surface area contributed by atoms with Crippen LogP contribution in [0.3, 0.4) is 0 Å². The summed E-state index contributed by atoms with van der Waals surface area (Å²) in [4.78, 5) is 42.5. The number of hydrogen-bond acceptors (Lipinski definition) is 7. The summed E-state index contributed by atoms with van der Waals surface area (Å²) in [5.41, 5.74) is -0.927. The number of fused-ring (bicyclic) bond motifs is 6. The summed E-state index contributed by atoms with van der Waals surface area (Å²) in [7, 11) is 0. The van der Waals surface area contributed by atoms with Crippen LogP contribution in [0.2, 0.25) is 0 Å². The maximum atomic E-state index is 15.3. The number of nitrogens with zero attached hydrogens (tertiary/aromatic N) is 4. The third kappa shape index (κ3) is 3.73. The number of hydrogen-bond donors (Lipinski definition) is 1. The van der Waals surface area contributed by atoms with E-state index >= 15 is 4.39 Å². The van der Waals surface area contributed by atoms with Crippen molar-refractivity contribution in [3.05, 3.63) is 91.6 Å². The maximum Gasteiger partial charge on any atom is 0.278 e. The summed E-state index contributed by atoms with van der Waals surface area (Å²) in [6.07, 6.45) is 4.70. The number of ether oxygens (including phenoxy) is 1. The summed E-state index contributed by atoms with van der Waals surface area (Å²) >= 11 is 1.46. The highest BCUT2D eigenvalue weighted by molar-refractivity contribution is 7.10. The van der Waals surface area contributed by atoms with E-state index in [0.29, 0.717) is 5.56 Å². The van der Waals surface area contributed by atoms with Gasteiger partial charge >= 0.3 is 0 Å². The highest BCUT2D eigenvalue weighted by Gasteiger charge is 2.53. The molecular formula is C27H24F2N4O5S. The molecule has 5 heterocycles. The van der Waals surface area contributed by atoms with Gasteiger partial charge in [0.25, 0.3) is 5.91 Å². The fraction of sp³-hybridized carbons (Fsp3) is 0.296. The average Bonchev–Trinajstić information content (AvgIpc) is 3.29. The SMILES string of the molecule is CC(=O)N1CC2(/C=C/COc3c(ccc(F)c3F)C(c3ccsc3C)N3CN2C(=O)c2c(O)c(=O)ccn23)C1. The van der Waals surface area contributed by atoms with Crippen molar-refractivity contribution in [3.63, 3.8) is 0 Å². The van der Waals surface area contributed by atoms with Gasteiger partial charge in [-0.2, -0.15) is 4.39 Å². The Morgan fingerprint density at radius 3 is 2.62 bits per heavy atom. The van der Waals surface area contributed by atoms with Gasteiger partial charge in [0.1, 0.15) is 19.3 Å². The van der Waals surface area contributed by atoms with Crippen LogP contribution in [0.5, 0.6) is 11.5 Å². The molecule has 2 bridgehead atoms. The molecule has 1 aromatic carbocycles. The van der Waals surface area contributed by atoms with Crippen molar-refractivity contribution >= 4 is 23.2 Å². The molecule has 6 rings (SSSR count). The fourth-order valence-electron chi connectivity index (χ4n) is 5.56. The number of pyridine rings is 1. The van der Waals surface area contributed by atoms with Crippen LogP contribution in [0.1, 0.15) is 39.5 Å². The topological polar surface area (TPSA) is 95.3 Å². The molecule has 1 fully saturated rings. The fourth-order valence-corrected chi connectivity index (χ4v) is 6.30. The molecule has 1 atom stereocenters. The zero-order valence-corrected chi connectivity index (χ0v) is 21.9. The molecule has 12 heteroatoms. The molecule has 3 aromatic rings. The van der Waals surface area contributed by atoms with E-state index in [1.807, 2.05) is 18.4 Å². The lowest BCUT2D eigenvalue weighted by Gasteiger charge is -2.57. The van der Waals surface area contributed by atoms with Gasteiger partial charge in [-0.3, -0.25) is 24.1 Å². The molecular weight excluding hydrogens is 530 g/mol. The van der Waals surface area contributed by atoms with Gasteiger partial charge < -0.3 is 19.6 Å². The monoisotopic (exact) mass is 554 g/mol.